The van der Waals surface area contributed by atoms with Gasteiger partial charge in [-0.05, 0) is 13.8 Å². The Hall–Kier alpha value is 0.880. The second-order valence-corrected chi connectivity index (χ2v) is 6.89. The third kappa shape index (κ3) is 3.47. The molecule has 0 bridgehead atoms. The lowest BCUT2D eigenvalue weighted by Crippen LogP contribution is -2.46. The number of carbonyl (C=O) groups is 2. The Bertz CT molecular complexity index is 241. The molecule has 14 heavy (non-hydrogen) atoms. The largest absolute Gasteiger partial charge is 0.301 e. The highest BCUT2D eigenvalue weighted by Gasteiger charge is 2.43. The highest BCUT2D eigenvalue weighted by atomic mass is 79.9. The van der Waals surface area contributed by atoms with E-state index in [2.05, 4.69) is 31.9 Å². The summed E-state index contributed by atoms with van der Waals surface area (Å²) in [4.78, 5) is 21.0. The molecule has 82 valence electrons. The molecule has 0 spiro atoms. The second kappa shape index (κ2) is 5.28. The van der Waals surface area contributed by atoms with Gasteiger partial charge in [0.2, 0.25) is 0 Å². The Morgan fingerprint density at radius 3 is 2.29 bits per heavy atom. The van der Waals surface area contributed by atoms with Crippen molar-refractivity contribution >= 4 is 67.1 Å². The number of Topliss-reactive ketones (excluding diaryl/α,β-unsaturated/α-hetero) is 1. The first-order chi connectivity index (χ1) is 6.19. The van der Waals surface area contributed by atoms with Crippen LogP contribution in [0.25, 0.3) is 0 Å². The van der Waals surface area contributed by atoms with Gasteiger partial charge < -0.3 is 4.79 Å². The fourth-order valence-electron chi connectivity index (χ4n) is 0.646. The number of hydrogen-bond acceptors (Lipinski definition) is 2. The monoisotopic (exact) mass is 366 g/mol. The van der Waals surface area contributed by atoms with Crippen molar-refractivity contribution in [1.29, 1.82) is 0 Å². The first-order valence-corrected chi connectivity index (χ1v) is 6.50. The number of rotatable bonds is 5. The van der Waals surface area contributed by atoms with Crippen LogP contribution in [0.3, 0.4) is 0 Å². The van der Waals surface area contributed by atoms with Crippen molar-refractivity contribution in [3.05, 3.63) is 0 Å². The first kappa shape index (κ1) is 14.9. The number of halogens is 4. The molecule has 0 radical (unpaired) electrons. The molecular weight excluding hydrogens is 359 g/mol. The van der Waals surface area contributed by atoms with Crippen LogP contribution in [-0.4, -0.2) is 32.0 Å². The summed E-state index contributed by atoms with van der Waals surface area (Å²) < 4.78 is -0.807. The molecule has 0 aromatic heterocycles. The van der Waals surface area contributed by atoms with Crippen LogP contribution >= 0.6 is 55.1 Å². The van der Waals surface area contributed by atoms with E-state index >= 15 is 0 Å². The second-order valence-electron chi connectivity index (χ2n) is 3.33. The predicted molar refractivity (Wildman–Crippen MR) is 66.1 cm³/mol. The minimum absolute atomic E-state index is 0.319. The summed E-state index contributed by atoms with van der Waals surface area (Å²) in [6.45, 7) is 3.08. The van der Waals surface area contributed by atoms with Gasteiger partial charge in [-0.1, -0.05) is 31.9 Å². The van der Waals surface area contributed by atoms with Gasteiger partial charge in [0.25, 0.3) is 0 Å². The van der Waals surface area contributed by atoms with E-state index in [4.69, 9.17) is 23.2 Å². The molecule has 0 fully saturated rings. The van der Waals surface area contributed by atoms with Crippen molar-refractivity contribution in [2.75, 3.05) is 5.33 Å². The Balaban J connectivity index is 4.80. The normalized spacial score (nSPS) is 21.9. The van der Waals surface area contributed by atoms with Crippen molar-refractivity contribution in [2.45, 2.75) is 28.4 Å². The van der Waals surface area contributed by atoms with E-state index < -0.39 is 14.6 Å². The number of ketones is 1. The minimum Gasteiger partial charge on any atom is -0.301 e. The van der Waals surface area contributed by atoms with Crippen LogP contribution in [0.5, 0.6) is 0 Å². The van der Waals surface area contributed by atoms with Gasteiger partial charge in [-0.15, -0.1) is 23.2 Å². The fraction of sp³-hybridized carbons (Fsp3) is 0.750. The quantitative estimate of drug-likeness (QED) is 0.552. The minimum atomic E-state index is -1.37. The lowest BCUT2D eigenvalue weighted by Gasteiger charge is -2.26. The highest BCUT2D eigenvalue weighted by Crippen LogP contribution is 2.31. The summed E-state index contributed by atoms with van der Waals surface area (Å²) in [6.07, 6.45) is 0.474. The molecule has 2 nitrogen and oxygen atoms in total. The van der Waals surface area contributed by atoms with Crippen molar-refractivity contribution in [3.8, 4) is 0 Å². The Morgan fingerprint density at radius 1 is 1.57 bits per heavy atom. The smallest absolute Gasteiger partial charge is 0.170 e. The molecule has 0 aromatic carbocycles. The number of aldehydes is 1. The standard InChI is InChI=1S/C8H10Br2Cl2O2/c1-7(10,3-9)6(14)5(11)8(2,12)4-13/h4-5H,3H2,1-2H3. The average molecular weight is 369 g/mol. The number of alkyl halides is 4. The summed E-state index contributed by atoms with van der Waals surface area (Å²) >= 11 is 18.0. The lowest BCUT2D eigenvalue weighted by molar-refractivity contribution is -0.122. The third-order valence-electron chi connectivity index (χ3n) is 1.72. The van der Waals surface area contributed by atoms with Crippen LogP contribution in [0.15, 0.2) is 0 Å². The molecule has 0 aromatic rings. The molecule has 0 saturated carbocycles. The maximum atomic E-state index is 11.7. The first-order valence-electron chi connectivity index (χ1n) is 3.77. The van der Waals surface area contributed by atoms with Gasteiger partial charge in [-0.3, -0.25) is 4.79 Å². The number of hydrogen-bond donors (Lipinski definition) is 0. The molecule has 0 aliphatic rings. The van der Waals surface area contributed by atoms with E-state index in [1.165, 1.54) is 6.92 Å². The van der Waals surface area contributed by atoms with Crippen molar-refractivity contribution < 1.29 is 9.59 Å². The van der Waals surface area contributed by atoms with Crippen LogP contribution < -0.4 is 0 Å². The maximum absolute atomic E-state index is 11.7. The lowest BCUT2D eigenvalue weighted by atomic mass is 9.97. The molecule has 0 aliphatic carbocycles. The summed E-state index contributed by atoms with van der Waals surface area (Å²) in [6, 6.07) is 0. The van der Waals surface area contributed by atoms with Crippen LogP contribution in [0.4, 0.5) is 0 Å². The van der Waals surface area contributed by atoms with E-state index in [0.717, 1.165) is 0 Å². The summed E-state index contributed by atoms with van der Waals surface area (Å²) in [5.74, 6) is -0.319. The van der Waals surface area contributed by atoms with Gasteiger partial charge in [0, 0.05) is 5.33 Å². The van der Waals surface area contributed by atoms with Gasteiger partial charge >= 0.3 is 0 Å². The van der Waals surface area contributed by atoms with E-state index in [1.54, 1.807) is 6.92 Å². The zero-order chi connectivity index (χ0) is 11.6. The van der Waals surface area contributed by atoms with Crippen molar-refractivity contribution in [3.63, 3.8) is 0 Å². The molecule has 0 rings (SSSR count). The maximum Gasteiger partial charge on any atom is 0.170 e. The van der Waals surface area contributed by atoms with Gasteiger partial charge in [-0.2, -0.15) is 0 Å². The van der Waals surface area contributed by atoms with E-state index in [-0.39, 0.29) is 5.78 Å². The van der Waals surface area contributed by atoms with Gasteiger partial charge in [0.1, 0.15) is 16.5 Å². The Kier molecular flexibility index (Phi) is 5.61. The molecule has 0 aliphatic heterocycles. The van der Waals surface area contributed by atoms with Crippen molar-refractivity contribution in [1.82, 2.24) is 0 Å². The van der Waals surface area contributed by atoms with Crippen LogP contribution in [0, 0.1) is 0 Å². The summed E-state index contributed by atoms with van der Waals surface area (Å²) in [5.41, 5.74) is 0. The SMILES string of the molecule is CC(Br)(CBr)C(=O)C(Cl)C(C)(Cl)C=O. The number of carbonyl (C=O) groups excluding carboxylic acids is 2. The molecular formula is C8H10Br2Cl2O2. The zero-order valence-corrected chi connectivity index (χ0v) is 12.4. The summed E-state index contributed by atoms with van der Waals surface area (Å²) in [5, 5.41) is -0.656. The average Bonchev–Trinajstić information content (AvgIpc) is 2.15. The molecule has 0 amide bonds. The molecule has 0 saturated heterocycles. The van der Waals surface area contributed by atoms with Crippen LogP contribution in [0.2, 0.25) is 0 Å². The Labute approximate surface area is 110 Å². The molecule has 3 atom stereocenters. The van der Waals surface area contributed by atoms with Gasteiger partial charge in [0.05, 0.1) is 4.32 Å². The van der Waals surface area contributed by atoms with Gasteiger partial charge in [0.15, 0.2) is 5.78 Å². The van der Waals surface area contributed by atoms with Gasteiger partial charge in [-0.25, -0.2) is 0 Å². The van der Waals surface area contributed by atoms with Crippen LogP contribution in [0.1, 0.15) is 13.8 Å². The van der Waals surface area contributed by atoms with E-state index in [9.17, 15) is 9.59 Å². The molecule has 3 unspecified atom stereocenters. The molecule has 0 heterocycles. The van der Waals surface area contributed by atoms with E-state index in [1.807, 2.05) is 0 Å². The zero-order valence-electron chi connectivity index (χ0n) is 7.69. The molecule has 0 N–H and O–H groups in total. The van der Waals surface area contributed by atoms with Crippen molar-refractivity contribution in [2.24, 2.45) is 0 Å². The Morgan fingerprint density at radius 2 is 2.00 bits per heavy atom. The molecule has 6 heteroatoms. The highest BCUT2D eigenvalue weighted by molar-refractivity contribution is 9.12. The van der Waals surface area contributed by atoms with Crippen LogP contribution in [-0.2, 0) is 9.59 Å². The predicted octanol–water partition coefficient (Wildman–Crippen LogP) is 2.91. The topological polar surface area (TPSA) is 34.1 Å². The third-order valence-corrected chi connectivity index (χ3v) is 5.34. The summed E-state index contributed by atoms with van der Waals surface area (Å²) in [7, 11) is 0. The van der Waals surface area contributed by atoms with E-state index in [0.29, 0.717) is 11.6 Å². The fourth-order valence-corrected chi connectivity index (χ4v) is 1.67.